The van der Waals surface area contributed by atoms with E-state index in [1.54, 1.807) is 0 Å². The Bertz CT molecular complexity index is 1380. The van der Waals surface area contributed by atoms with Gasteiger partial charge in [-0.15, -0.1) is 0 Å². The molecule has 1 saturated carbocycles. The van der Waals surface area contributed by atoms with Gasteiger partial charge in [0.2, 0.25) is 5.95 Å². The molecule has 240 valence electrons. The molecule has 44 heavy (non-hydrogen) atoms. The fourth-order valence-electron chi connectivity index (χ4n) is 5.53. The molecular weight excluding hydrogens is 603 g/mol. The molecule has 4 rings (SSSR count). The summed E-state index contributed by atoms with van der Waals surface area (Å²) in [5, 5.41) is 9.72. The zero-order valence-corrected chi connectivity index (χ0v) is 23.9. The number of benzene rings is 2. The number of anilines is 2. The summed E-state index contributed by atoms with van der Waals surface area (Å²) >= 11 is 0. The predicted molar refractivity (Wildman–Crippen MR) is 146 cm³/mol. The van der Waals surface area contributed by atoms with Gasteiger partial charge < -0.3 is 14.9 Å². The summed E-state index contributed by atoms with van der Waals surface area (Å²) in [6.45, 7) is 3.78. The maximum Gasteiger partial charge on any atom is 0.416 e. The normalized spacial score (nSPS) is 15.4. The molecule has 14 heteroatoms. The Hall–Kier alpha value is -3.71. The smallest absolute Gasteiger partial charge is 0.416 e. The van der Waals surface area contributed by atoms with Gasteiger partial charge in [-0.25, -0.2) is 9.97 Å². The zero-order valence-electron chi connectivity index (χ0n) is 23.9. The van der Waals surface area contributed by atoms with Crippen molar-refractivity contribution in [1.29, 1.82) is 0 Å². The number of rotatable bonds is 9. The highest BCUT2D eigenvalue weighted by molar-refractivity contribution is 5.57. The van der Waals surface area contributed by atoms with Crippen LogP contribution in [-0.2, 0) is 25.1 Å². The SMILES string of the molecule is CCN(CC1CCCC1)c1ccc(C(F)(F)F)cc1CN(c1ncc(O)cn1)C(C)c1cc(C(F)(F)F)cc(C(F)(F)F)c1. The number of hydrogen-bond acceptors (Lipinski definition) is 5. The molecule has 1 aliphatic rings. The Morgan fingerprint density at radius 2 is 1.36 bits per heavy atom. The van der Waals surface area contributed by atoms with Gasteiger partial charge in [0.25, 0.3) is 0 Å². The van der Waals surface area contributed by atoms with E-state index >= 15 is 0 Å². The van der Waals surface area contributed by atoms with E-state index in [1.807, 2.05) is 11.8 Å². The van der Waals surface area contributed by atoms with E-state index in [0.717, 1.165) is 50.2 Å². The van der Waals surface area contributed by atoms with Crippen LogP contribution in [0.1, 0.15) is 73.4 Å². The molecule has 2 aromatic carbocycles. The lowest BCUT2D eigenvalue weighted by atomic mass is 9.98. The number of aromatic nitrogens is 2. The number of nitrogens with zero attached hydrogens (tertiary/aromatic N) is 4. The Labute approximate surface area is 248 Å². The Morgan fingerprint density at radius 1 is 0.818 bits per heavy atom. The van der Waals surface area contributed by atoms with E-state index < -0.39 is 53.4 Å². The first-order valence-electron chi connectivity index (χ1n) is 14.0. The van der Waals surface area contributed by atoms with Crippen molar-refractivity contribution in [3.05, 3.63) is 76.6 Å². The molecule has 1 heterocycles. The molecule has 1 atom stereocenters. The maximum absolute atomic E-state index is 13.9. The third-order valence-electron chi connectivity index (χ3n) is 7.86. The van der Waals surface area contributed by atoms with E-state index in [-0.39, 0.29) is 23.3 Å². The van der Waals surface area contributed by atoms with E-state index in [4.69, 9.17) is 0 Å². The molecule has 1 unspecified atom stereocenters. The van der Waals surface area contributed by atoms with Crippen molar-refractivity contribution >= 4 is 11.6 Å². The van der Waals surface area contributed by atoms with Crippen molar-refractivity contribution in [3.63, 3.8) is 0 Å². The molecule has 1 fully saturated rings. The van der Waals surface area contributed by atoms with Gasteiger partial charge in [0.15, 0.2) is 5.75 Å². The molecular formula is C30H31F9N4O. The summed E-state index contributed by atoms with van der Waals surface area (Å²) < 4.78 is 124. The van der Waals surface area contributed by atoms with Crippen LogP contribution in [0.5, 0.6) is 5.75 Å². The van der Waals surface area contributed by atoms with Gasteiger partial charge in [-0.1, -0.05) is 12.8 Å². The molecule has 0 bridgehead atoms. The standard InChI is InChI=1S/C30H31F9N4O/c1-3-42(16-19-6-4-5-7-19)26-9-8-22(28(31,32)33)12-21(26)17-43(27-40-14-25(44)15-41-27)18(2)20-10-23(29(34,35)36)13-24(11-20)30(37,38)39/h8-15,18-19,44H,3-7,16-17H2,1-2H3. The average molecular weight is 635 g/mol. The summed E-state index contributed by atoms with van der Waals surface area (Å²) in [4.78, 5) is 11.1. The monoisotopic (exact) mass is 634 g/mol. The van der Waals surface area contributed by atoms with E-state index in [1.165, 1.54) is 17.9 Å². The highest BCUT2D eigenvalue weighted by Crippen LogP contribution is 2.40. The minimum absolute atomic E-state index is 0.00463. The molecule has 0 aliphatic heterocycles. The Balaban J connectivity index is 1.86. The minimum Gasteiger partial charge on any atom is -0.505 e. The summed E-state index contributed by atoms with van der Waals surface area (Å²) in [5.74, 6) is -0.261. The van der Waals surface area contributed by atoms with E-state index in [9.17, 15) is 44.6 Å². The highest BCUT2D eigenvalue weighted by atomic mass is 19.4. The molecule has 0 radical (unpaired) electrons. The van der Waals surface area contributed by atoms with Gasteiger partial charge in [-0.3, -0.25) is 0 Å². The van der Waals surface area contributed by atoms with Crippen LogP contribution in [0.3, 0.4) is 0 Å². The molecule has 0 amide bonds. The highest BCUT2D eigenvalue weighted by Gasteiger charge is 2.38. The van der Waals surface area contributed by atoms with Crippen molar-refractivity contribution in [1.82, 2.24) is 9.97 Å². The van der Waals surface area contributed by atoms with Crippen LogP contribution in [-0.4, -0.2) is 28.2 Å². The molecule has 1 N–H and O–H groups in total. The topological polar surface area (TPSA) is 52.5 Å². The first kappa shape index (κ1) is 33.2. The second kappa shape index (κ2) is 12.7. The predicted octanol–water partition coefficient (Wildman–Crippen LogP) is 9.02. The molecule has 3 aromatic rings. The van der Waals surface area contributed by atoms with E-state index in [2.05, 4.69) is 9.97 Å². The van der Waals surface area contributed by atoms with Crippen LogP contribution in [0.2, 0.25) is 0 Å². The molecule has 1 aromatic heterocycles. The second-order valence-electron chi connectivity index (χ2n) is 10.9. The summed E-state index contributed by atoms with van der Waals surface area (Å²) in [7, 11) is 0. The lowest BCUT2D eigenvalue weighted by molar-refractivity contribution is -0.143. The van der Waals surface area contributed by atoms with Crippen LogP contribution in [0.25, 0.3) is 0 Å². The lowest BCUT2D eigenvalue weighted by Crippen LogP contribution is -2.32. The summed E-state index contributed by atoms with van der Waals surface area (Å²) in [6.07, 6.45) is -8.96. The van der Waals surface area contributed by atoms with Crippen molar-refractivity contribution < 1.29 is 44.6 Å². The van der Waals surface area contributed by atoms with Crippen LogP contribution in [0.15, 0.2) is 48.8 Å². The van der Waals surface area contributed by atoms with Crippen molar-refractivity contribution in [2.45, 2.75) is 70.6 Å². The first-order chi connectivity index (χ1) is 20.5. The molecule has 1 aliphatic carbocycles. The van der Waals surface area contributed by atoms with Gasteiger partial charge in [-0.2, -0.15) is 39.5 Å². The minimum atomic E-state index is -5.11. The first-order valence-corrected chi connectivity index (χ1v) is 14.0. The molecule has 0 spiro atoms. The Kier molecular flexibility index (Phi) is 9.60. The number of aromatic hydroxyl groups is 1. The third kappa shape index (κ3) is 7.86. The van der Waals surface area contributed by atoms with Gasteiger partial charge in [-0.05, 0) is 80.1 Å². The molecule has 0 saturated heterocycles. The summed E-state index contributed by atoms with van der Waals surface area (Å²) in [5.41, 5.74) is -3.86. The van der Waals surface area contributed by atoms with Gasteiger partial charge >= 0.3 is 18.5 Å². The third-order valence-corrected chi connectivity index (χ3v) is 7.86. The van der Waals surface area contributed by atoms with Crippen LogP contribution < -0.4 is 9.80 Å². The van der Waals surface area contributed by atoms with Gasteiger partial charge in [0, 0.05) is 25.3 Å². The molecule has 5 nitrogen and oxygen atoms in total. The van der Waals surface area contributed by atoms with Crippen LogP contribution in [0.4, 0.5) is 51.1 Å². The van der Waals surface area contributed by atoms with Crippen molar-refractivity contribution in [2.75, 3.05) is 22.9 Å². The van der Waals surface area contributed by atoms with Crippen LogP contribution >= 0.6 is 0 Å². The number of halogens is 9. The van der Waals surface area contributed by atoms with Gasteiger partial charge in [0.05, 0.1) is 35.1 Å². The zero-order chi connectivity index (χ0) is 32.4. The number of alkyl halides is 9. The fraction of sp³-hybridized carbons (Fsp3) is 0.467. The van der Waals surface area contributed by atoms with Crippen molar-refractivity contribution in [2.24, 2.45) is 5.92 Å². The largest absolute Gasteiger partial charge is 0.505 e. The van der Waals surface area contributed by atoms with Gasteiger partial charge in [0.1, 0.15) is 0 Å². The number of hydrogen-bond donors (Lipinski definition) is 1. The lowest BCUT2D eigenvalue weighted by Gasteiger charge is -2.34. The van der Waals surface area contributed by atoms with Crippen LogP contribution in [0, 0.1) is 5.92 Å². The summed E-state index contributed by atoms with van der Waals surface area (Å²) in [6, 6.07) is 3.07. The second-order valence-corrected chi connectivity index (χ2v) is 10.9. The quantitative estimate of drug-likeness (QED) is 0.238. The fourth-order valence-corrected chi connectivity index (χ4v) is 5.53. The van der Waals surface area contributed by atoms with E-state index in [0.29, 0.717) is 36.8 Å². The Morgan fingerprint density at radius 3 is 1.86 bits per heavy atom. The van der Waals surface area contributed by atoms with Crippen molar-refractivity contribution in [3.8, 4) is 5.75 Å². The maximum atomic E-state index is 13.9. The average Bonchev–Trinajstić information content (AvgIpc) is 3.46.